The van der Waals surface area contributed by atoms with Gasteiger partial charge in [0.2, 0.25) is 0 Å². The number of hydrogen-bond donors (Lipinski definition) is 2. The molecule has 1 aliphatic rings. The first-order valence-corrected chi connectivity index (χ1v) is 10.5. The third-order valence-electron chi connectivity index (χ3n) is 5.44. The quantitative estimate of drug-likeness (QED) is 0.520. The van der Waals surface area contributed by atoms with Gasteiger partial charge in [-0.15, -0.1) is 13.2 Å². The lowest BCUT2D eigenvalue weighted by Crippen LogP contribution is -2.39. The summed E-state index contributed by atoms with van der Waals surface area (Å²) in [5.74, 6) is -0.159. The predicted octanol–water partition coefficient (Wildman–Crippen LogP) is 5.02. The van der Waals surface area contributed by atoms with E-state index in [2.05, 4.69) is 10.1 Å². The summed E-state index contributed by atoms with van der Waals surface area (Å²) in [6.45, 7) is 0.774. The molecule has 1 atom stereocenters. The Balaban J connectivity index is 1.95. The molecule has 0 radical (unpaired) electrons. The summed E-state index contributed by atoms with van der Waals surface area (Å²) in [5, 5.41) is 3.22. The number of carbonyl (C=O) groups is 1. The number of carbonyl (C=O) groups excluding carboxylic acids is 1. The van der Waals surface area contributed by atoms with Crippen LogP contribution in [0, 0.1) is 0 Å². The van der Waals surface area contributed by atoms with Crippen LogP contribution in [0.4, 0.5) is 13.2 Å². The second-order valence-corrected chi connectivity index (χ2v) is 7.94. The van der Waals surface area contributed by atoms with Crippen molar-refractivity contribution in [1.82, 2.24) is 9.88 Å². The van der Waals surface area contributed by atoms with Gasteiger partial charge in [-0.25, -0.2) is 0 Å². The van der Waals surface area contributed by atoms with Gasteiger partial charge in [-0.2, -0.15) is 0 Å². The first kappa shape index (κ1) is 23.0. The minimum absolute atomic E-state index is 0.137. The summed E-state index contributed by atoms with van der Waals surface area (Å²) in [6, 6.07) is 12.4. The molecule has 0 bridgehead atoms. The highest BCUT2D eigenvalue weighted by Crippen LogP contribution is 2.42. The van der Waals surface area contributed by atoms with Gasteiger partial charge < -0.3 is 25.1 Å². The van der Waals surface area contributed by atoms with Crippen molar-refractivity contribution in [3.8, 4) is 33.9 Å². The Labute approximate surface area is 193 Å². The number of aromatic nitrogens is 1. The van der Waals surface area contributed by atoms with Crippen LogP contribution in [0.3, 0.4) is 0 Å². The Morgan fingerprint density at radius 3 is 2.64 bits per heavy atom. The molecule has 3 aromatic rings. The number of ether oxygens (including phenoxy) is 2. The van der Waals surface area contributed by atoms with Crippen molar-refractivity contribution >= 4 is 17.5 Å². The van der Waals surface area contributed by atoms with Crippen LogP contribution in [0.5, 0.6) is 11.5 Å². The molecule has 1 amide bonds. The smallest absolute Gasteiger partial charge is 0.495 e. The number of benzene rings is 2. The molecular formula is C23H21ClF3N3O3. The molecule has 33 heavy (non-hydrogen) atoms. The van der Waals surface area contributed by atoms with E-state index in [0.717, 1.165) is 0 Å². The Bertz CT molecular complexity index is 1190. The fourth-order valence-electron chi connectivity index (χ4n) is 4.08. The van der Waals surface area contributed by atoms with Gasteiger partial charge in [-0.05, 0) is 54.9 Å². The van der Waals surface area contributed by atoms with Crippen LogP contribution in [-0.2, 0) is 0 Å². The SMILES string of the molecule is COc1ccc(-c2c(-c3cccc(OC(F)(F)F)c3)cc3n2[C@@H](CCN)CNC3=O)cc1Cl. The summed E-state index contributed by atoms with van der Waals surface area (Å²) in [4.78, 5) is 12.7. The number of fused-ring (bicyclic) bond motifs is 1. The molecule has 3 N–H and O–H groups in total. The van der Waals surface area contributed by atoms with E-state index in [4.69, 9.17) is 22.1 Å². The van der Waals surface area contributed by atoms with Crippen LogP contribution in [0.15, 0.2) is 48.5 Å². The maximum atomic E-state index is 12.8. The number of alkyl halides is 3. The fraction of sp³-hybridized carbons (Fsp3) is 0.261. The van der Waals surface area contributed by atoms with Gasteiger partial charge in [0.15, 0.2) is 0 Å². The van der Waals surface area contributed by atoms with Gasteiger partial charge in [0.25, 0.3) is 5.91 Å². The van der Waals surface area contributed by atoms with Crippen LogP contribution in [0.2, 0.25) is 5.02 Å². The van der Waals surface area contributed by atoms with Crippen LogP contribution in [0.25, 0.3) is 22.4 Å². The zero-order chi connectivity index (χ0) is 23.8. The summed E-state index contributed by atoms with van der Waals surface area (Å²) in [6.07, 6.45) is -4.23. The van der Waals surface area contributed by atoms with Crippen molar-refractivity contribution in [1.29, 1.82) is 0 Å². The van der Waals surface area contributed by atoms with Crippen molar-refractivity contribution in [2.24, 2.45) is 5.73 Å². The maximum Gasteiger partial charge on any atom is 0.573 e. The van der Waals surface area contributed by atoms with E-state index in [-0.39, 0.29) is 17.7 Å². The third-order valence-corrected chi connectivity index (χ3v) is 5.73. The monoisotopic (exact) mass is 479 g/mol. The molecule has 0 saturated carbocycles. The predicted molar refractivity (Wildman–Crippen MR) is 119 cm³/mol. The number of nitrogens with one attached hydrogen (secondary N) is 1. The molecule has 2 aromatic carbocycles. The molecular weight excluding hydrogens is 459 g/mol. The molecule has 6 nitrogen and oxygen atoms in total. The molecule has 0 saturated heterocycles. The van der Waals surface area contributed by atoms with Gasteiger partial charge in [0, 0.05) is 17.7 Å². The van der Waals surface area contributed by atoms with E-state index in [1.807, 2.05) is 4.57 Å². The average Bonchev–Trinajstić information content (AvgIpc) is 3.16. The van der Waals surface area contributed by atoms with Gasteiger partial charge in [-0.1, -0.05) is 23.7 Å². The summed E-state index contributed by atoms with van der Waals surface area (Å²) in [5.41, 5.74) is 8.55. The zero-order valence-electron chi connectivity index (χ0n) is 17.6. The Hall–Kier alpha value is -3.17. The molecule has 0 aliphatic carbocycles. The summed E-state index contributed by atoms with van der Waals surface area (Å²) >= 11 is 6.37. The largest absolute Gasteiger partial charge is 0.573 e. The van der Waals surface area contributed by atoms with E-state index in [0.29, 0.717) is 58.4 Å². The molecule has 0 fully saturated rings. The van der Waals surface area contributed by atoms with Crippen molar-refractivity contribution in [2.45, 2.75) is 18.8 Å². The van der Waals surface area contributed by atoms with Crippen molar-refractivity contribution in [2.75, 3.05) is 20.2 Å². The Kier molecular flexibility index (Phi) is 6.27. The second-order valence-electron chi connectivity index (χ2n) is 7.53. The van der Waals surface area contributed by atoms with Gasteiger partial charge in [0.1, 0.15) is 17.2 Å². The summed E-state index contributed by atoms with van der Waals surface area (Å²) < 4.78 is 49.6. The van der Waals surface area contributed by atoms with E-state index >= 15 is 0 Å². The van der Waals surface area contributed by atoms with Crippen LogP contribution in [-0.4, -0.2) is 37.0 Å². The lowest BCUT2D eigenvalue weighted by molar-refractivity contribution is -0.274. The molecule has 10 heteroatoms. The zero-order valence-corrected chi connectivity index (χ0v) is 18.3. The van der Waals surface area contributed by atoms with Gasteiger partial charge >= 0.3 is 6.36 Å². The lowest BCUT2D eigenvalue weighted by atomic mass is 10.0. The Morgan fingerprint density at radius 2 is 1.97 bits per heavy atom. The van der Waals surface area contributed by atoms with E-state index < -0.39 is 6.36 Å². The topological polar surface area (TPSA) is 78.5 Å². The normalized spacial score (nSPS) is 15.7. The first-order valence-electron chi connectivity index (χ1n) is 10.2. The summed E-state index contributed by atoms with van der Waals surface area (Å²) in [7, 11) is 1.50. The average molecular weight is 480 g/mol. The number of amides is 1. The van der Waals surface area contributed by atoms with Crippen molar-refractivity contribution < 1.29 is 27.4 Å². The first-order chi connectivity index (χ1) is 15.7. The molecule has 1 aliphatic heterocycles. The number of halogens is 4. The standard InChI is InChI=1S/C23H21ClF3N3O3/c1-32-20-6-5-14(10-18(20)24)21-17(13-3-2-4-16(9-13)33-23(25,26)27)11-19-22(31)29-12-15(7-8-28)30(19)21/h2-6,9-11,15H,7-8,12,28H2,1H3,(H,29,31)/t15-/m0/s1. The maximum absolute atomic E-state index is 12.8. The van der Waals surface area contributed by atoms with Crippen LogP contribution in [0.1, 0.15) is 23.0 Å². The van der Waals surface area contributed by atoms with Gasteiger partial charge in [0.05, 0.1) is 23.9 Å². The third kappa shape index (κ3) is 4.65. The van der Waals surface area contributed by atoms with Crippen molar-refractivity contribution in [3.63, 3.8) is 0 Å². The van der Waals surface area contributed by atoms with Crippen LogP contribution < -0.4 is 20.5 Å². The number of methoxy groups -OCH3 is 1. The van der Waals surface area contributed by atoms with Crippen LogP contribution >= 0.6 is 11.6 Å². The minimum atomic E-state index is -4.82. The number of nitrogens with two attached hydrogens (primary N) is 1. The van der Waals surface area contributed by atoms with E-state index in [9.17, 15) is 18.0 Å². The second kappa shape index (κ2) is 8.99. The molecule has 2 heterocycles. The van der Waals surface area contributed by atoms with E-state index in [1.165, 1.54) is 25.3 Å². The van der Waals surface area contributed by atoms with E-state index in [1.54, 1.807) is 30.3 Å². The molecule has 4 rings (SSSR count). The molecule has 0 unspecified atom stereocenters. The highest BCUT2D eigenvalue weighted by Gasteiger charge is 2.33. The highest BCUT2D eigenvalue weighted by atomic mass is 35.5. The highest BCUT2D eigenvalue weighted by molar-refractivity contribution is 6.32. The number of nitrogens with zero attached hydrogens (tertiary/aromatic N) is 1. The molecule has 174 valence electrons. The molecule has 1 aromatic heterocycles. The lowest BCUT2D eigenvalue weighted by Gasteiger charge is -2.28. The molecule has 0 spiro atoms. The van der Waals surface area contributed by atoms with Crippen molar-refractivity contribution in [3.05, 3.63) is 59.2 Å². The number of hydrogen-bond acceptors (Lipinski definition) is 4. The Morgan fingerprint density at radius 1 is 1.18 bits per heavy atom. The minimum Gasteiger partial charge on any atom is -0.495 e. The number of rotatable bonds is 6. The fourth-order valence-corrected chi connectivity index (χ4v) is 4.34. The van der Waals surface area contributed by atoms with Gasteiger partial charge in [-0.3, -0.25) is 4.79 Å².